The zero-order valence-corrected chi connectivity index (χ0v) is 22.9. The third-order valence-corrected chi connectivity index (χ3v) is 9.24. The molecule has 4 rings (SSSR count). The lowest BCUT2D eigenvalue weighted by Crippen LogP contribution is -2.45. The molecule has 2 aromatic carbocycles. The van der Waals surface area contributed by atoms with Crippen molar-refractivity contribution in [2.75, 3.05) is 16.4 Å². The number of benzene rings is 2. The van der Waals surface area contributed by atoms with Crippen molar-refractivity contribution in [3.63, 3.8) is 0 Å². The van der Waals surface area contributed by atoms with Gasteiger partial charge in [0.05, 0.1) is 22.6 Å². The number of carbonyl (C=O) groups excluding carboxylic acids is 2. The lowest BCUT2D eigenvalue weighted by Gasteiger charge is -2.25. The molecule has 0 saturated carbocycles. The topological polar surface area (TPSA) is 105 Å². The number of hydrogen-bond donors (Lipinski definition) is 1. The van der Waals surface area contributed by atoms with Crippen LogP contribution in [0.15, 0.2) is 53.5 Å². The number of halogens is 2. The minimum atomic E-state index is -3.30. The van der Waals surface area contributed by atoms with E-state index in [1.165, 1.54) is 12.1 Å². The van der Waals surface area contributed by atoms with Crippen LogP contribution in [0.5, 0.6) is 0 Å². The summed E-state index contributed by atoms with van der Waals surface area (Å²) in [7, 11) is -3.30. The van der Waals surface area contributed by atoms with Crippen molar-refractivity contribution in [2.24, 2.45) is 4.99 Å². The summed E-state index contributed by atoms with van der Waals surface area (Å²) in [6, 6.07) is 11.7. The van der Waals surface area contributed by atoms with Crippen molar-refractivity contribution >= 4 is 56.1 Å². The van der Waals surface area contributed by atoms with E-state index >= 15 is 0 Å². The predicted octanol–water partition coefficient (Wildman–Crippen LogP) is 4.22. The van der Waals surface area contributed by atoms with Gasteiger partial charge in [-0.15, -0.1) is 0 Å². The maximum atomic E-state index is 14.3. The Morgan fingerprint density at radius 2 is 1.92 bits per heavy atom. The number of sulfone groups is 1. The Balaban J connectivity index is 1.66. The van der Waals surface area contributed by atoms with Crippen molar-refractivity contribution in [2.45, 2.75) is 50.1 Å². The first-order valence-corrected chi connectivity index (χ1v) is 14.7. The van der Waals surface area contributed by atoms with E-state index in [1.807, 2.05) is 30.3 Å². The van der Waals surface area contributed by atoms with E-state index in [-0.39, 0.29) is 33.4 Å². The van der Waals surface area contributed by atoms with Crippen LogP contribution in [-0.2, 0) is 25.8 Å². The Morgan fingerprint density at radius 3 is 2.57 bits per heavy atom. The minimum absolute atomic E-state index is 0.0777. The molecule has 8 nitrogen and oxygen atoms in total. The molecule has 0 aliphatic carbocycles. The number of anilines is 1. The largest absolute Gasteiger partial charge is 0.444 e. The molecule has 3 unspecified atom stereocenters. The Labute approximate surface area is 224 Å². The molecular formula is C25H27ClFN3O5S2. The molecule has 0 aromatic heterocycles. The molecule has 1 N–H and O–H groups in total. The van der Waals surface area contributed by atoms with Gasteiger partial charge in [-0.05, 0) is 44.5 Å². The first kappa shape index (κ1) is 27.4. The molecule has 2 aliphatic rings. The van der Waals surface area contributed by atoms with Crippen LogP contribution in [0.4, 0.5) is 14.9 Å². The Morgan fingerprint density at radius 1 is 1.22 bits per heavy atom. The van der Waals surface area contributed by atoms with Gasteiger partial charge in [0.15, 0.2) is 15.0 Å². The summed E-state index contributed by atoms with van der Waals surface area (Å²) < 4.78 is 44.3. The summed E-state index contributed by atoms with van der Waals surface area (Å²) in [5.41, 5.74) is 0.372. The number of carbonyl (C=O) groups is 2. The summed E-state index contributed by atoms with van der Waals surface area (Å²) in [4.78, 5) is 31.8. The third-order valence-electron chi connectivity index (χ3n) is 5.73. The van der Waals surface area contributed by atoms with Gasteiger partial charge >= 0.3 is 6.09 Å². The first-order chi connectivity index (χ1) is 17.3. The summed E-state index contributed by atoms with van der Waals surface area (Å²) >= 11 is 7.00. The van der Waals surface area contributed by atoms with Crippen LogP contribution < -0.4 is 10.2 Å². The van der Waals surface area contributed by atoms with E-state index in [4.69, 9.17) is 16.3 Å². The van der Waals surface area contributed by atoms with E-state index in [2.05, 4.69) is 10.3 Å². The van der Waals surface area contributed by atoms with Gasteiger partial charge in [0, 0.05) is 17.4 Å². The van der Waals surface area contributed by atoms with Gasteiger partial charge in [-0.1, -0.05) is 53.7 Å². The van der Waals surface area contributed by atoms with Crippen LogP contribution in [0.25, 0.3) is 0 Å². The number of hydrogen-bond acceptors (Lipinski definition) is 6. The van der Waals surface area contributed by atoms with Crippen LogP contribution in [-0.4, -0.2) is 60.0 Å². The van der Waals surface area contributed by atoms with Crippen LogP contribution in [0, 0.1) is 5.82 Å². The van der Waals surface area contributed by atoms with E-state index < -0.39 is 45.3 Å². The molecule has 2 aliphatic heterocycles. The minimum Gasteiger partial charge on any atom is -0.444 e. The number of nitrogens with zero attached hydrogens (tertiary/aromatic N) is 2. The number of amidine groups is 1. The van der Waals surface area contributed by atoms with Crippen LogP contribution in [0.2, 0.25) is 5.02 Å². The number of thioether (sulfide) groups is 1. The zero-order valence-electron chi connectivity index (χ0n) is 20.5. The number of amides is 2. The quantitative estimate of drug-likeness (QED) is 0.577. The highest BCUT2D eigenvalue weighted by molar-refractivity contribution is 8.16. The van der Waals surface area contributed by atoms with E-state index in [0.29, 0.717) is 5.69 Å². The van der Waals surface area contributed by atoms with E-state index in [0.717, 1.165) is 17.3 Å². The van der Waals surface area contributed by atoms with Crippen molar-refractivity contribution in [3.05, 3.63) is 64.9 Å². The maximum Gasteiger partial charge on any atom is 0.408 e. The number of ether oxygens (including phenoxy) is 1. The number of rotatable bonds is 5. The fourth-order valence-electron chi connectivity index (χ4n) is 4.17. The van der Waals surface area contributed by atoms with Crippen molar-refractivity contribution in [1.29, 1.82) is 0 Å². The molecule has 3 atom stereocenters. The van der Waals surface area contributed by atoms with Crippen molar-refractivity contribution in [1.82, 2.24) is 5.32 Å². The number of alkyl carbamates (subject to hydrolysis) is 1. The maximum absolute atomic E-state index is 14.3. The average molecular weight is 568 g/mol. The lowest BCUT2D eigenvalue weighted by atomic mass is 10.1. The van der Waals surface area contributed by atoms with Crippen molar-refractivity contribution < 1.29 is 27.1 Å². The highest BCUT2D eigenvalue weighted by atomic mass is 35.5. The standard InChI is InChI=1S/C25H27ClFN3O5S2/c1-25(2,3)35-24(32)28-19(11-15-7-5-4-6-8-15)22(31)29-23-30(16-9-10-17(26)18(27)12-16)20-13-37(33,34)14-21(20)36-23/h4-10,12,19-21H,11,13-14H2,1-3H3,(H,28,32). The molecule has 198 valence electrons. The summed E-state index contributed by atoms with van der Waals surface area (Å²) in [6.07, 6.45) is -0.599. The number of nitrogens with one attached hydrogen (secondary N) is 1. The summed E-state index contributed by atoms with van der Waals surface area (Å²) in [6.45, 7) is 5.14. The smallest absolute Gasteiger partial charge is 0.408 e. The second-order valence-electron chi connectivity index (χ2n) is 9.89. The van der Waals surface area contributed by atoms with E-state index in [1.54, 1.807) is 31.7 Å². The Kier molecular flexibility index (Phi) is 7.87. The highest BCUT2D eigenvalue weighted by Gasteiger charge is 2.49. The average Bonchev–Trinajstić information content (AvgIpc) is 3.25. The second-order valence-corrected chi connectivity index (χ2v) is 13.7. The molecule has 2 amide bonds. The van der Waals surface area contributed by atoms with Gasteiger partial charge in [0.25, 0.3) is 5.91 Å². The Hall–Kier alpha value is -2.63. The van der Waals surface area contributed by atoms with Gasteiger partial charge in [0.2, 0.25) is 0 Å². The van der Waals surface area contributed by atoms with E-state index in [9.17, 15) is 22.4 Å². The monoisotopic (exact) mass is 567 g/mol. The predicted molar refractivity (Wildman–Crippen MR) is 143 cm³/mol. The number of aliphatic imine (C=N–C) groups is 1. The van der Waals surface area contributed by atoms with Crippen molar-refractivity contribution in [3.8, 4) is 0 Å². The molecule has 0 bridgehead atoms. The Bertz CT molecular complexity index is 1330. The third kappa shape index (κ3) is 6.82. The SMILES string of the molecule is CC(C)(C)OC(=O)NC(Cc1ccccc1)C(=O)N=C1SC2CS(=O)(=O)CC2N1c1ccc(Cl)c(F)c1. The molecule has 2 fully saturated rings. The fourth-order valence-corrected chi connectivity index (χ4v) is 8.21. The van der Waals surface area contributed by atoms with Gasteiger partial charge in [-0.2, -0.15) is 4.99 Å². The fraction of sp³-hybridized carbons (Fsp3) is 0.400. The summed E-state index contributed by atoms with van der Waals surface area (Å²) in [5, 5.41) is 2.40. The molecular weight excluding hydrogens is 541 g/mol. The normalized spacial score (nSPS) is 22.5. The molecule has 12 heteroatoms. The highest BCUT2D eigenvalue weighted by Crippen LogP contribution is 2.41. The molecule has 37 heavy (non-hydrogen) atoms. The molecule has 0 spiro atoms. The first-order valence-electron chi connectivity index (χ1n) is 11.6. The van der Waals surface area contributed by atoms with Gasteiger partial charge in [0.1, 0.15) is 17.5 Å². The summed E-state index contributed by atoms with van der Waals surface area (Å²) in [5.74, 6) is -1.54. The van der Waals surface area contributed by atoms with Gasteiger partial charge in [-0.3, -0.25) is 4.79 Å². The van der Waals surface area contributed by atoms with Gasteiger partial charge < -0.3 is 15.0 Å². The van der Waals surface area contributed by atoms with Crippen LogP contribution in [0.1, 0.15) is 26.3 Å². The molecule has 0 radical (unpaired) electrons. The molecule has 2 saturated heterocycles. The number of fused-ring (bicyclic) bond motifs is 1. The second kappa shape index (κ2) is 10.6. The van der Waals surface area contributed by atoms with Crippen LogP contribution in [0.3, 0.4) is 0 Å². The molecule has 2 aromatic rings. The molecule has 2 heterocycles. The lowest BCUT2D eigenvalue weighted by molar-refractivity contribution is -0.119. The van der Waals surface area contributed by atoms with Gasteiger partial charge in [-0.25, -0.2) is 17.6 Å². The zero-order chi connectivity index (χ0) is 27.0. The van der Waals surface area contributed by atoms with Crippen LogP contribution >= 0.6 is 23.4 Å².